The lowest BCUT2D eigenvalue weighted by Gasteiger charge is -2.32. The van der Waals surface area contributed by atoms with Crippen molar-refractivity contribution in [3.8, 4) is 0 Å². The molecule has 0 aromatic heterocycles. The van der Waals surface area contributed by atoms with Crippen LogP contribution in [-0.2, 0) is 26.2 Å². The summed E-state index contributed by atoms with van der Waals surface area (Å²) in [5.74, 6) is -1.03. The van der Waals surface area contributed by atoms with Crippen LogP contribution in [0.15, 0.2) is 36.4 Å². The number of hydrogen-bond donors (Lipinski definition) is 1. The van der Waals surface area contributed by atoms with Gasteiger partial charge in [0.1, 0.15) is 12.6 Å². The van der Waals surface area contributed by atoms with Gasteiger partial charge in [-0.1, -0.05) is 59.4 Å². The molecule has 2 unspecified atom stereocenters. The van der Waals surface area contributed by atoms with Crippen molar-refractivity contribution in [2.24, 2.45) is 0 Å². The molecule has 0 saturated carbocycles. The fourth-order valence-corrected chi connectivity index (χ4v) is 4.81. The maximum Gasteiger partial charge on any atom is 0.244 e. The van der Waals surface area contributed by atoms with Crippen LogP contribution < -0.4 is 9.62 Å². The Morgan fingerprint density at radius 3 is 2.09 bits per heavy atom. The zero-order valence-electron chi connectivity index (χ0n) is 19.7. The van der Waals surface area contributed by atoms with Crippen LogP contribution in [0, 0.1) is 0 Å². The zero-order valence-corrected chi connectivity index (χ0v) is 23.5. The summed E-state index contributed by atoms with van der Waals surface area (Å²) in [4.78, 5) is 27.7. The van der Waals surface area contributed by atoms with Crippen LogP contribution in [0.5, 0.6) is 0 Å². The van der Waals surface area contributed by atoms with E-state index in [1.165, 1.54) is 23.1 Å². The van der Waals surface area contributed by atoms with Crippen molar-refractivity contribution in [1.29, 1.82) is 0 Å². The van der Waals surface area contributed by atoms with E-state index >= 15 is 0 Å². The number of carbonyl (C=O) groups is 2. The van der Waals surface area contributed by atoms with E-state index in [1.54, 1.807) is 25.1 Å². The zero-order chi connectivity index (χ0) is 26.5. The minimum Gasteiger partial charge on any atom is -0.352 e. The molecule has 0 saturated heterocycles. The van der Waals surface area contributed by atoms with Crippen LogP contribution in [0.3, 0.4) is 0 Å². The van der Waals surface area contributed by atoms with Crippen molar-refractivity contribution in [1.82, 2.24) is 10.2 Å². The van der Waals surface area contributed by atoms with Gasteiger partial charge in [0.15, 0.2) is 0 Å². The Labute approximate surface area is 226 Å². The number of anilines is 1. The Morgan fingerprint density at radius 2 is 1.57 bits per heavy atom. The van der Waals surface area contributed by atoms with Crippen molar-refractivity contribution < 1.29 is 18.0 Å². The third kappa shape index (κ3) is 7.89. The van der Waals surface area contributed by atoms with E-state index in [0.29, 0.717) is 22.0 Å². The van der Waals surface area contributed by atoms with Crippen LogP contribution in [0.2, 0.25) is 20.1 Å². The molecule has 0 aliphatic heterocycles. The third-order valence-electron chi connectivity index (χ3n) is 5.43. The second-order valence-electron chi connectivity index (χ2n) is 8.08. The second-order valence-corrected chi connectivity index (χ2v) is 11.6. The lowest BCUT2D eigenvalue weighted by molar-refractivity contribution is -0.139. The van der Waals surface area contributed by atoms with Crippen LogP contribution in [-0.4, -0.2) is 50.0 Å². The maximum atomic E-state index is 13.5. The Balaban J connectivity index is 2.47. The molecule has 0 spiro atoms. The van der Waals surface area contributed by atoms with Crippen LogP contribution in [0.25, 0.3) is 0 Å². The summed E-state index contributed by atoms with van der Waals surface area (Å²) in [5.41, 5.74) is 0.593. The Bertz CT molecular complexity index is 1170. The van der Waals surface area contributed by atoms with Gasteiger partial charge in [-0.15, -0.1) is 0 Å². The first kappa shape index (κ1) is 29.5. The van der Waals surface area contributed by atoms with Gasteiger partial charge in [0.05, 0.1) is 22.0 Å². The summed E-state index contributed by atoms with van der Waals surface area (Å²) in [5, 5.41) is 3.84. The molecule has 7 nitrogen and oxygen atoms in total. The molecule has 0 aliphatic carbocycles. The average Bonchev–Trinajstić information content (AvgIpc) is 2.77. The second kappa shape index (κ2) is 12.5. The summed E-state index contributed by atoms with van der Waals surface area (Å²) in [7, 11) is -3.90. The average molecular weight is 583 g/mol. The van der Waals surface area contributed by atoms with Crippen LogP contribution in [0.1, 0.15) is 32.8 Å². The molecular weight excluding hydrogens is 556 g/mol. The molecule has 0 aliphatic rings. The molecule has 0 fully saturated rings. The largest absolute Gasteiger partial charge is 0.352 e. The highest BCUT2D eigenvalue weighted by Gasteiger charge is 2.31. The number of sulfonamides is 1. The van der Waals surface area contributed by atoms with Gasteiger partial charge in [0.25, 0.3) is 0 Å². The molecule has 1 N–H and O–H groups in total. The summed E-state index contributed by atoms with van der Waals surface area (Å²) < 4.78 is 26.1. The van der Waals surface area contributed by atoms with Gasteiger partial charge >= 0.3 is 0 Å². The molecule has 2 aromatic carbocycles. The summed E-state index contributed by atoms with van der Waals surface area (Å²) in [6.07, 6.45) is 1.67. The lowest BCUT2D eigenvalue weighted by Crippen LogP contribution is -2.52. The van der Waals surface area contributed by atoms with Gasteiger partial charge in [-0.2, -0.15) is 0 Å². The smallest absolute Gasteiger partial charge is 0.244 e. The number of carbonyl (C=O) groups excluding carboxylic acids is 2. The first-order valence-electron chi connectivity index (χ1n) is 10.7. The highest BCUT2D eigenvalue weighted by molar-refractivity contribution is 7.92. The van der Waals surface area contributed by atoms with Gasteiger partial charge < -0.3 is 10.2 Å². The van der Waals surface area contributed by atoms with Gasteiger partial charge in [0, 0.05) is 28.2 Å². The normalized spacial score (nSPS) is 13.1. The van der Waals surface area contributed by atoms with Crippen LogP contribution >= 0.6 is 46.4 Å². The SMILES string of the molecule is CCC(C)NC(=O)C(C)N(Cc1c(Cl)cccc1Cl)C(=O)CN(c1ccc(Cl)c(Cl)c1)S(C)(=O)=O. The maximum absolute atomic E-state index is 13.5. The minimum absolute atomic E-state index is 0.106. The highest BCUT2D eigenvalue weighted by Crippen LogP contribution is 2.30. The summed E-state index contributed by atoms with van der Waals surface area (Å²) in [6, 6.07) is 8.07. The van der Waals surface area contributed by atoms with E-state index in [-0.39, 0.29) is 28.3 Å². The number of amides is 2. The third-order valence-corrected chi connectivity index (χ3v) is 8.02. The number of hydrogen-bond acceptors (Lipinski definition) is 4. The molecule has 192 valence electrons. The first-order chi connectivity index (χ1) is 16.3. The van der Waals surface area contributed by atoms with Crippen molar-refractivity contribution in [2.45, 2.75) is 45.8 Å². The molecule has 0 heterocycles. The number of halogens is 4. The van der Waals surface area contributed by atoms with Crippen molar-refractivity contribution in [3.63, 3.8) is 0 Å². The standard InChI is InChI=1S/C23H27Cl4N3O4S/c1-5-14(2)28-23(32)15(3)29(12-17-18(24)7-6-8-19(17)25)22(31)13-30(35(4,33)34)16-9-10-20(26)21(27)11-16/h6-11,14-15H,5,12-13H2,1-4H3,(H,28,32). The summed E-state index contributed by atoms with van der Waals surface area (Å²) in [6.45, 7) is 4.64. The van der Waals surface area contributed by atoms with E-state index in [9.17, 15) is 18.0 Å². The van der Waals surface area contributed by atoms with Gasteiger partial charge in [-0.05, 0) is 50.6 Å². The molecule has 0 bridgehead atoms. The van der Waals surface area contributed by atoms with Gasteiger partial charge in [0.2, 0.25) is 21.8 Å². The number of nitrogens with zero attached hydrogens (tertiary/aromatic N) is 2. The Hall–Kier alpha value is -1.71. The van der Waals surface area contributed by atoms with Gasteiger partial charge in [-0.3, -0.25) is 13.9 Å². The number of nitrogens with one attached hydrogen (secondary N) is 1. The van der Waals surface area contributed by atoms with E-state index in [1.807, 2.05) is 13.8 Å². The fraction of sp³-hybridized carbons (Fsp3) is 0.391. The molecule has 35 heavy (non-hydrogen) atoms. The van der Waals surface area contributed by atoms with Crippen LogP contribution in [0.4, 0.5) is 5.69 Å². The first-order valence-corrected chi connectivity index (χ1v) is 14.1. The van der Waals surface area contributed by atoms with E-state index in [2.05, 4.69) is 5.32 Å². The summed E-state index contributed by atoms with van der Waals surface area (Å²) >= 11 is 24.7. The van der Waals surface area contributed by atoms with E-state index < -0.39 is 34.4 Å². The number of benzene rings is 2. The quantitative estimate of drug-likeness (QED) is 0.406. The van der Waals surface area contributed by atoms with Crippen molar-refractivity contribution in [3.05, 3.63) is 62.1 Å². The molecule has 2 aromatic rings. The molecule has 2 amide bonds. The highest BCUT2D eigenvalue weighted by atomic mass is 35.5. The molecule has 0 radical (unpaired) electrons. The molecule has 2 rings (SSSR count). The molecule has 2 atom stereocenters. The lowest BCUT2D eigenvalue weighted by atomic mass is 10.1. The monoisotopic (exact) mass is 581 g/mol. The van der Waals surface area contributed by atoms with Crippen molar-refractivity contribution in [2.75, 3.05) is 17.1 Å². The molecular formula is C23H27Cl4N3O4S. The van der Waals surface area contributed by atoms with E-state index in [0.717, 1.165) is 10.6 Å². The predicted octanol–water partition coefficient (Wildman–Crippen LogP) is 5.40. The molecule has 12 heteroatoms. The topological polar surface area (TPSA) is 86.8 Å². The van der Waals surface area contributed by atoms with Gasteiger partial charge in [-0.25, -0.2) is 8.42 Å². The number of rotatable bonds is 10. The Kier molecular flexibility index (Phi) is 10.5. The van der Waals surface area contributed by atoms with Crippen molar-refractivity contribution >= 4 is 73.9 Å². The minimum atomic E-state index is -3.90. The fourth-order valence-electron chi connectivity index (χ4n) is 3.16. The Morgan fingerprint density at radius 1 is 0.971 bits per heavy atom. The van der Waals surface area contributed by atoms with E-state index in [4.69, 9.17) is 46.4 Å². The predicted molar refractivity (Wildman–Crippen MR) is 143 cm³/mol.